The van der Waals surface area contributed by atoms with Gasteiger partial charge in [-0.2, -0.15) is 0 Å². The van der Waals surface area contributed by atoms with Crippen molar-refractivity contribution in [2.24, 2.45) is 0 Å². The number of nitrogens with one attached hydrogen (secondary N) is 1. The number of amides is 1. The molecule has 9 nitrogen and oxygen atoms in total. The van der Waals surface area contributed by atoms with Gasteiger partial charge in [-0.05, 0) is 36.4 Å². The number of methoxy groups -OCH3 is 2. The maximum atomic E-state index is 12.4. The number of benzene rings is 2. The summed E-state index contributed by atoms with van der Waals surface area (Å²) >= 11 is 0. The first kappa shape index (κ1) is 23.7. The second-order valence-electron chi connectivity index (χ2n) is 8.78. The standard InChI is InChI=1S/C27H30N6O3/c1-35-22-10-7-20(8-11-22)27(34)28-14-12-24-30-31-25-13-15-32(16-17-33(24)25)18-21-9-6-19-4-3-5-23(36-2)26(19)29-21/h3-11H,12-18H2,1-2H3,(H,28,34). The van der Waals surface area contributed by atoms with Crippen LogP contribution in [0, 0.1) is 0 Å². The van der Waals surface area contributed by atoms with Crippen LogP contribution in [0.25, 0.3) is 10.9 Å². The first-order chi connectivity index (χ1) is 17.6. The Morgan fingerprint density at radius 1 is 0.972 bits per heavy atom. The minimum atomic E-state index is -0.112. The molecule has 1 amide bonds. The van der Waals surface area contributed by atoms with Gasteiger partial charge in [-0.3, -0.25) is 9.69 Å². The molecule has 0 atom stereocenters. The molecule has 0 bridgehead atoms. The van der Waals surface area contributed by atoms with Gasteiger partial charge in [0.2, 0.25) is 0 Å². The number of ether oxygens (including phenoxy) is 2. The van der Waals surface area contributed by atoms with E-state index >= 15 is 0 Å². The maximum Gasteiger partial charge on any atom is 0.251 e. The molecule has 36 heavy (non-hydrogen) atoms. The van der Waals surface area contributed by atoms with Gasteiger partial charge in [0.05, 0.1) is 19.9 Å². The van der Waals surface area contributed by atoms with Gasteiger partial charge in [0, 0.05) is 56.5 Å². The maximum absolute atomic E-state index is 12.4. The molecule has 0 unspecified atom stereocenters. The number of aromatic nitrogens is 4. The summed E-state index contributed by atoms with van der Waals surface area (Å²) in [5.41, 5.74) is 2.51. The lowest BCUT2D eigenvalue weighted by Crippen LogP contribution is -2.28. The largest absolute Gasteiger partial charge is 0.497 e. The summed E-state index contributed by atoms with van der Waals surface area (Å²) < 4.78 is 12.8. The number of pyridine rings is 1. The van der Waals surface area contributed by atoms with Crippen molar-refractivity contribution < 1.29 is 14.3 Å². The summed E-state index contributed by atoms with van der Waals surface area (Å²) in [6, 6.07) is 17.2. The summed E-state index contributed by atoms with van der Waals surface area (Å²) in [5, 5.41) is 12.9. The zero-order chi connectivity index (χ0) is 24.9. The Balaban J connectivity index is 1.18. The van der Waals surface area contributed by atoms with Gasteiger partial charge in [0.1, 0.15) is 28.7 Å². The molecule has 2 aromatic carbocycles. The Morgan fingerprint density at radius 3 is 2.64 bits per heavy atom. The van der Waals surface area contributed by atoms with Crippen molar-refractivity contribution in [3.8, 4) is 11.5 Å². The third-order valence-electron chi connectivity index (χ3n) is 6.53. The molecule has 9 heteroatoms. The Bertz CT molecular complexity index is 1350. The van der Waals surface area contributed by atoms with E-state index < -0.39 is 0 Å². The molecule has 5 rings (SSSR count). The van der Waals surface area contributed by atoms with Crippen LogP contribution in [0.2, 0.25) is 0 Å². The lowest BCUT2D eigenvalue weighted by atomic mass is 10.2. The molecule has 0 radical (unpaired) electrons. The number of carbonyl (C=O) groups is 1. The van der Waals surface area contributed by atoms with E-state index in [0.29, 0.717) is 18.5 Å². The minimum absolute atomic E-state index is 0.112. The lowest BCUT2D eigenvalue weighted by Gasteiger charge is -2.19. The lowest BCUT2D eigenvalue weighted by molar-refractivity contribution is 0.0954. The number of hydrogen-bond donors (Lipinski definition) is 1. The number of fused-ring (bicyclic) bond motifs is 2. The highest BCUT2D eigenvalue weighted by Gasteiger charge is 2.19. The number of rotatable bonds is 8. The van der Waals surface area contributed by atoms with Gasteiger partial charge in [0.25, 0.3) is 5.91 Å². The van der Waals surface area contributed by atoms with Gasteiger partial charge < -0.3 is 19.4 Å². The Hall–Kier alpha value is -3.98. The normalized spacial score (nSPS) is 13.7. The van der Waals surface area contributed by atoms with Crippen molar-refractivity contribution in [1.29, 1.82) is 0 Å². The highest BCUT2D eigenvalue weighted by molar-refractivity contribution is 5.94. The van der Waals surface area contributed by atoms with Gasteiger partial charge in [-0.15, -0.1) is 10.2 Å². The second kappa shape index (κ2) is 10.7. The molecule has 0 saturated carbocycles. The van der Waals surface area contributed by atoms with Crippen LogP contribution in [0.15, 0.2) is 54.6 Å². The van der Waals surface area contributed by atoms with Crippen molar-refractivity contribution in [1.82, 2.24) is 30.0 Å². The van der Waals surface area contributed by atoms with E-state index in [1.165, 1.54) is 0 Å². The van der Waals surface area contributed by atoms with Crippen LogP contribution in [0.5, 0.6) is 11.5 Å². The fraction of sp³-hybridized carbons (Fsp3) is 0.333. The van der Waals surface area contributed by atoms with Crippen LogP contribution in [-0.2, 0) is 25.9 Å². The van der Waals surface area contributed by atoms with Crippen molar-refractivity contribution in [2.45, 2.75) is 25.9 Å². The monoisotopic (exact) mass is 486 g/mol. The molecule has 2 aromatic heterocycles. The van der Waals surface area contributed by atoms with Crippen LogP contribution in [-0.4, -0.2) is 64.4 Å². The van der Waals surface area contributed by atoms with Crippen LogP contribution in [0.3, 0.4) is 0 Å². The molecular weight excluding hydrogens is 456 g/mol. The van der Waals surface area contributed by atoms with Crippen molar-refractivity contribution in [3.63, 3.8) is 0 Å². The summed E-state index contributed by atoms with van der Waals surface area (Å²) in [6.45, 7) is 3.83. The Labute approximate surface area is 210 Å². The van der Waals surface area contributed by atoms with E-state index in [1.54, 1.807) is 38.5 Å². The molecule has 1 N–H and O–H groups in total. The fourth-order valence-electron chi connectivity index (χ4n) is 4.54. The molecule has 4 aromatic rings. The van der Waals surface area contributed by atoms with Gasteiger partial charge in [-0.25, -0.2) is 4.98 Å². The molecule has 186 valence electrons. The highest BCUT2D eigenvalue weighted by Crippen LogP contribution is 2.24. The van der Waals surface area contributed by atoms with Gasteiger partial charge >= 0.3 is 0 Å². The van der Waals surface area contributed by atoms with Crippen molar-refractivity contribution >= 4 is 16.8 Å². The molecule has 0 fully saturated rings. The van der Waals surface area contributed by atoms with E-state index in [4.69, 9.17) is 14.5 Å². The zero-order valence-electron chi connectivity index (χ0n) is 20.6. The van der Waals surface area contributed by atoms with E-state index in [9.17, 15) is 4.79 Å². The van der Waals surface area contributed by atoms with Crippen LogP contribution >= 0.6 is 0 Å². The topological polar surface area (TPSA) is 94.4 Å². The average molecular weight is 487 g/mol. The van der Waals surface area contributed by atoms with Crippen LogP contribution < -0.4 is 14.8 Å². The number of carbonyl (C=O) groups excluding carboxylic acids is 1. The predicted octanol–water partition coefficient (Wildman–Crippen LogP) is 2.87. The Morgan fingerprint density at radius 2 is 1.83 bits per heavy atom. The van der Waals surface area contributed by atoms with E-state index in [1.807, 2.05) is 18.2 Å². The quantitative estimate of drug-likeness (QED) is 0.409. The van der Waals surface area contributed by atoms with Gasteiger partial charge in [-0.1, -0.05) is 18.2 Å². The molecule has 0 spiro atoms. The smallest absolute Gasteiger partial charge is 0.251 e. The van der Waals surface area contributed by atoms with E-state index in [0.717, 1.165) is 72.3 Å². The SMILES string of the molecule is COc1ccc(C(=O)NCCc2nnc3n2CCN(Cc2ccc4cccc(OC)c4n2)CC3)cc1. The number of nitrogens with zero attached hydrogens (tertiary/aromatic N) is 5. The third-order valence-corrected chi connectivity index (χ3v) is 6.53. The zero-order valence-corrected chi connectivity index (χ0v) is 20.6. The van der Waals surface area contributed by atoms with Crippen LogP contribution in [0.1, 0.15) is 27.7 Å². The second-order valence-corrected chi connectivity index (χ2v) is 8.78. The minimum Gasteiger partial charge on any atom is -0.497 e. The molecule has 3 heterocycles. The average Bonchev–Trinajstić information content (AvgIpc) is 3.19. The first-order valence-corrected chi connectivity index (χ1v) is 12.1. The highest BCUT2D eigenvalue weighted by atomic mass is 16.5. The van der Waals surface area contributed by atoms with E-state index in [2.05, 4.69) is 37.1 Å². The number of para-hydroxylation sites is 1. The van der Waals surface area contributed by atoms with Crippen molar-refractivity contribution in [3.05, 3.63) is 77.5 Å². The fourth-order valence-corrected chi connectivity index (χ4v) is 4.54. The van der Waals surface area contributed by atoms with E-state index in [-0.39, 0.29) is 5.91 Å². The Kier molecular flexibility index (Phi) is 7.08. The van der Waals surface area contributed by atoms with Crippen molar-refractivity contribution in [2.75, 3.05) is 33.9 Å². The first-order valence-electron chi connectivity index (χ1n) is 12.1. The number of hydrogen-bond acceptors (Lipinski definition) is 7. The predicted molar refractivity (Wildman–Crippen MR) is 136 cm³/mol. The molecule has 0 saturated heterocycles. The molecule has 1 aliphatic rings. The van der Waals surface area contributed by atoms with Crippen LogP contribution in [0.4, 0.5) is 0 Å². The molecule has 1 aliphatic heterocycles. The third kappa shape index (κ3) is 5.16. The summed E-state index contributed by atoms with van der Waals surface area (Å²) in [7, 11) is 3.28. The summed E-state index contributed by atoms with van der Waals surface area (Å²) in [5.74, 6) is 3.29. The molecular formula is C27H30N6O3. The summed E-state index contributed by atoms with van der Waals surface area (Å²) in [4.78, 5) is 19.7. The molecule has 0 aliphatic carbocycles. The summed E-state index contributed by atoms with van der Waals surface area (Å²) in [6.07, 6.45) is 1.45. The van der Waals surface area contributed by atoms with Gasteiger partial charge in [0.15, 0.2) is 0 Å².